The van der Waals surface area contributed by atoms with Gasteiger partial charge in [-0.25, -0.2) is 0 Å². The molecule has 1 aromatic carbocycles. The summed E-state index contributed by atoms with van der Waals surface area (Å²) in [6.45, 7) is 2.65. The van der Waals surface area contributed by atoms with Crippen LogP contribution in [-0.2, 0) is 0 Å². The molecule has 1 aliphatic carbocycles. The number of para-hydroxylation sites is 1. The van der Waals surface area contributed by atoms with Gasteiger partial charge in [-0.3, -0.25) is 0 Å². The van der Waals surface area contributed by atoms with E-state index in [0.29, 0.717) is 13.0 Å². The van der Waals surface area contributed by atoms with Gasteiger partial charge in [0.2, 0.25) is 0 Å². The van der Waals surface area contributed by atoms with E-state index in [-0.39, 0.29) is 6.04 Å². The Morgan fingerprint density at radius 1 is 1.50 bits per heavy atom. The Labute approximate surface area is 96.7 Å². The number of hydrogen-bond donors (Lipinski definition) is 3. The summed E-state index contributed by atoms with van der Waals surface area (Å²) < 4.78 is 0. The number of hydrogen-bond acceptors (Lipinski definition) is 3. The van der Waals surface area contributed by atoms with Crippen molar-refractivity contribution in [2.45, 2.75) is 37.8 Å². The molecule has 2 atom stereocenters. The first-order valence-corrected chi connectivity index (χ1v) is 5.87. The van der Waals surface area contributed by atoms with Crippen molar-refractivity contribution in [2.75, 3.05) is 11.9 Å². The van der Waals surface area contributed by atoms with Gasteiger partial charge in [0.1, 0.15) is 0 Å². The van der Waals surface area contributed by atoms with E-state index in [9.17, 15) is 5.11 Å². The quantitative estimate of drug-likeness (QED) is 0.726. The maximum absolute atomic E-state index is 10.3. The van der Waals surface area contributed by atoms with Gasteiger partial charge in [0.25, 0.3) is 0 Å². The predicted molar refractivity (Wildman–Crippen MR) is 66.4 cm³/mol. The topological polar surface area (TPSA) is 58.3 Å². The highest BCUT2D eigenvalue weighted by Crippen LogP contribution is 2.29. The third-order valence-electron chi connectivity index (χ3n) is 3.38. The average molecular weight is 220 g/mol. The molecule has 0 radical (unpaired) electrons. The van der Waals surface area contributed by atoms with Crippen LogP contribution in [-0.4, -0.2) is 23.3 Å². The molecule has 0 aromatic heterocycles. The van der Waals surface area contributed by atoms with Crippen LogP contribution in [0.3, 0.4) is 0 Å². The third-order valence-corrected chi connectivity index (χ3v) is 3.38. The second kappa shape index (κ2) is 4.44. The molecule has 4 N–H and O–H groups in total. The molecule has 1 saturated carbocycles. The molecule has 3 nitrogen and oxygen atoms in total. The molecule has 3 heteroatoms. The lowest BCUT2D eigenvalue weighted by atomic mass is 10.0. The number of benzene rings is 1. The lowest BCUT2D eigenvalue weighted by Crippen LogP contribution is -2.35. The van der Waals surface area contributed by atoms with Crippen molar-refractivity contribution in [2.24, 2.45) is 5.73 Å². The summed E-state index contributed by atoms with van der Waals surface area (Å²) in [6.07, 6.45) is 2.42. The molecule has 1 aliphatic rings. The second-order valence-electron chi connectivity index (χ2n) is 4.90. The molecule has 1 aromatic rings. The Kier molecular flexibility index (Phi) is 3.17. The molecule has 0 heterocycles. The monoisotopic (exact) mass is 220 g/mol. The van der Waals surface area contributed by atoms with Crippen molar-refractivity contribution in [1.82, 2.24) is 0 Å². The van der Waals surface area contributed by atoms with Crippen LogP contribution in [0.15, 0.2) is 24.3 Å². The highest BCUT2D eigenvalue weighted by molar-refractivity contribution is 5.50. The predicted octanol–water partition coefficient (Wildman–Crippen LogP) is 1.65. The maximum Gasteiger partial charge on any atom is 0.0834 e. The first-order valence-electron chi connectivity index (χ1n) is 5.87. The highest BCUT2D eigenvalue weighted by Gasteiger charge is 2.35. The normalized spacial score (nSPS) is 29.3. The van der Waals surface area contributed by atoms with Crippen LogP contribution in [0.1, 0.15) is 24.8 Å². The molecule has 88 valence electrons. The van der Waals surface area contributed by atoms with E-state index in [2.05, 4.69) is 18.3 Å². The zero-order chi connectivity index (χ0) is 11.6. The van der Waals surface area contributed by atoms with E-state index in [4.69, 9.17) is 5.73 Å². The zero-order valence-corrected chi connectivity index (χ0v) is 9.74. The number of nitrogens with one attached hydrogen (secondary N) is 1. The highest BCUT2D eigenvalue weighted by atomic mass is 16.3. The van der Waals surface area contributed by atoms with E-state index in [1.54, 1.807) is 0 Å². The van der Waals surface area contributed by atoms with Gasteiger partial charge in [-0.1, -0.05) is 18.2 Å². The Morgan fingerprint density at radius 2 is 2.25 bits per heavy atom. The molecule has 0 spiro atoms. The van der Waals surface area contributed by atoms with E-state index in [1.807, 2.05) is 18.2 Å². The van der Waals surface area contributed by atoms with Gasteiger partial charge in [0.05, 0.1) is 5.60 Å². The fraction of sp³-hybridized carbons (Fsp3) is 0.538. The minimum atomic E-state index is -0.623. The summed E-state index contributed by atoms with van der Waals surface area (Å²) in [5.41, 5.74) is 7.49. The molecule has 2 rings (SSSR count). The molecule has 1 fully saturated rings. The van der Waals surface area contributed by atoms with Crippen molar-refractivity contribution in [1.29, 1.82) is 0 Å². The average Bonchev–Trinajstić information content (AvgIpc) is 2.58. The van der Waals surface area contributed by atoms with Crippen LogP contribution in [0.5, 0.6) is 0 Å². The molecular weight excluding hydrogens is 200 g/mol. The van der Waals surface area contributed by atoms with Crippen molar-refractivity contribution in [3.63, 3.8) is 0 Å². The molecule has 0 amide bonds. The van der Waals surface area contributed by atoms with Gasteiger partial charge in [0.15, 0.2) is 0 Å². The summed E-state index contributed by atoms with van der Waals surface area (Å²) in [7, 11) is 0. The van der Waals surface area contributed by atoms with E-state index < -0.39 is 5.60 Å². The van der Waals surface area contributed by atoms with Crippen molar-refractivity contribution in [3.8, 4) is 0 Å². The van der Waals surface area contributed by atoms with Gasteiger partial charge in [-0.05, 0) is 37.8 Å². The van der Waals surface area contributed by atoms with Crippen LogP contribution in [0.4, 0.5) is 5.69 Å². The standard InChI is InChI=1S/C13H20N2O/c1-10-4-2-3-5-12(10)15-9-13(16)7-6-11(14)8-13/h2-5,11,15-16H,6-9,14H2,1H3. The fourth-order valence-electron chi connectivity index (χ4n) is 2.34. The fourth-order valence-corrected chi connectivity index (χ4v) is 2.34. The Bertz CT molecular complexity index is 367. The van der Waals surface area contributed by atoms with Crippen LogP contribution in [0, 0.1) is 6.92 Å². The molecule has 16 heavy (non-hydrogen) atoms. The van der Waals surface area contributed by atoms with Gasteiger partial charge in [0, 0.05) is 18.3 Å². The van der Waals surface area contributed by atoms with E-state index in [1.165, 1.54) is 5.56 Å². The van der Waals surface area contributed by atoms with Gasteiger partial charge >= 0.3 is 0 Å². The van der Waals surface area contributed by atoms with Gasteiger partial charge in [-0.2, -0.15) is 0 Å². The molecule has 0 aliphatic heterocycles. The number of anilines is 1. The van der Waals surface area contributed by atoms with Crippen LogP contribution >= 0.6 is 0 Å². The summed E-state index contributed by atoms with van der Waals surface area (Å²) in [6, 6.07) is 8.27. The zero-order valence-electron chi connectivity index (χ0n) is 9.74. The first-order chi connectivity index (χ1) is 7.59. The van der Waals surface area contributed by atoms with Gasteiger partial charge < -0.3 is 16.2 Å². The Morgan fingerprint density at radius 3 is 2.88 bits per heavy atom. The maximum atomic E-state index is 10.3. The third kappa shape index (κ3) is 2.54. The molecule has 2 unspecified atom stereocenters. The van der Waals surface area contributed by atoms with Crippen LogP contribution in [0.25, 0.3) is 0 Å². The van der Waals surface area contributed by atoms with E-state index >= 15 is 0 Å². The lowest BCUT2D eigenvalue weighted by molar-refractivity contribution is 0.0601. The SMILES string of the molecule is Cc1ccccc1NCC1(O)CCC(N)C1. The summed E-state index contributed by atoms with van der Waals surface area (Å²) >= 11 is 0. The van der Waals surface area contributed by atoms with Crippen molar-refractivity contribution >= 4 is 5.69 Å². The first kappa shape index (κ1) is 11.4. The van der Waals surface area contributed by atoms with E-state index in [0.717, 1.165) is 18.5 Å². The number of aliphatic hydroxyl groups is 1. The molecule has 0 bridgehead atoms. The molecule has 0 saturated heterocycles. The minimum absolute atomic E-state index is 0.156. The van der Waals surface area contributed by atoms with Crippen LogP contribution in [0.2, 0.25) is 0 Å². The second-order valence-corrected chi connectivity index (χ2v) is 4.90. The smallest absolute Gasteiger partial charge is 0.0834 e. The largest absolute Gasteiger partial charge is 0.388 e. The summed E-state index contributed by atoms with van der Waals surface area (Å²) in [5, 5.41) is 13.6. The Hall–Kier alpha value is -1.06. The number of rotatable bonds is 3. The van der Waals surface area contributed by atoms with Crippen molar-refractivity contribution in [3.05, 3.63) is 29.8 Å². The summed E-state index contributed by atoms with van der Waals surface area (Å²) in [4.78, 5) is 0. The van der Waals surface area contributed by atoms with Crippen molar-refractivity contribution < 1.29 is 5.11 Å². The summed E-state index contributed by atoms with van der Waals surface area (Å²) in [5.74, 6) is 0. The Balaban J connectivity index is 1.95. The number of aryl methyl sites for hydroxylation is 1. The lowest BCUT2D eigenvalue weighted by Gasteiger charge is -2.24. The minimum Gasteiger partial charge on any atom is -0.388 e. The van der Waals surface area contributed by atoms with Crippen LogP contribution < -0.4 is 11.1 Å². The van der Waals surface area contributed by atoms with Gasteiger partial charge in [-0.15, -0.1) is 0 Å². The number of nitrogens with two attached hydrogens (primary N) is 1. The molecular formula is C13H20N2O.